The second kappa shape index (κ2) is 4.79. The van der Waals surface area contributed by atoms with Gasteiger partial charge in [0.1, 0.15) is 0 Å². The van der Waals surface area contributed by atoms with Crippen LogP contribution in [-0.2, 0) is 17.6 Å². The Hall–Kier alpha value is -0.860. The van der Waals surface area contributed by atoms with E-state index in [9.17, 15) is 0 Å². The van der Waals surface area contributed by atoms with Crippen LogP contribution in [0.1, 0.15) is 30.9 Å². The summed E-state index contributed by atoms with van der Waals surface area (Å²) in [6, 6.07) is 10.1. The van der Waals surface area contributed by atoms with Gasteiger partial charge in [0.15, 0.2) is 0 Å². The van der Waals surface area contributed by atoms with Crippen molar-refractivity contribution in [1.29, 1.82) is 0 Å². The highest BCUT2D eigenvalue weighted by atomic mass is 16.5. The van der Waals surface area contributed by atoms with Gasteiger partial charge in [0.2, 0.25) is 0 Å². The third-order valence-corrected chi connectivity index (χ3v) is 4.17. The topological polar surface area (TPSA) is 21.3 Å². The summed E-state index contributed by atoms with van der Waals surface area (Å²) in [6.45, 7) is 3.10. The fraction of sp³-hybridized carbons (Fsp3) is 0.600. The van der Waals surface area contributed by atoms with E-state index in [0.717, 1.165) is 6.61 Å². The molecule has 0 saturated carbocycles. The fourth-order valence-electron chi connectivity index (χ4n) is 3.09. The Morgan fingerprint density at radius 2 is 2.00 bits per heavy atom. The van der Waals surface area contributed by atoms with Crippen molar-refractivity contribution >= 4 is 0 Å². The minimum absolute atomic E-state index is 0.382. The van der Waals surface area contributed by atoms with Gasteiger partial charge in [-0.05, 0) is 43.7 Å². The third-order valence-electron chi connectivity index (χ3n) is 4.17. The molecule has 0 amide bonds. The van der Waals surface area contributed by atoms with E-state index in [-0.39, 0.29) is 0 Å². The second-order valence-electron chi connectivity index (χ2n) is 5.35. The van der Waals surface area contributed by atoms with Gasteiger partial charge in [0, 0.05) is 18.7 Å². The van der Waals surface area contributed by atoms with Crippen molar-refractivity contribution in [3.05, 3.63) is 35.4 Å². The molecule has 1 aromatic rings. The van der Waals surface area contributed by atoms with Gasteiger partial charge in [-0.15, -0.1) is 0 Å². The Morgan fingerprint density at radius 1 is 1.18 bits per heavy atom. The van der Waals surface area contributed by atoms with E-state index in [2.05, 4.69) is 36.5 Å². The van der Waals surface area contributed by atoms with Gasteiger partial charge >= 0.3 is 0 Å². The van der Waals surface area contributed by atoms with Crippen LogP contribution in [0.5, 0.6) is 0 Å². The molecule has 3 rings (SSSR count). The van der Waals surface area contributed by atoms with E-state index >= 15 is 0 Å². The first-order chi connectivity index (χ1) is 8.33. The normalized spacial score (nSPS) is 32.4. The summed E-state index contributed by atoms with van der Waals surface area (Å²) in [5, 5.41) is 3.78. The standard InChI is InChI=1S/C15H21NO/c1-11-15(8-9-17-11)16-14-7-6-12-4-2-3-5-13(12)10-14/h2-5,11,14-16H,6-10H2,1H3. The predicted octanol–water partition coefficient (Wildman–Crippen LogP) is 2.31. The van der Waals surface area contributed by atoms with Crippen molar-refractivity contribution in [3.8, 4) is 0 Å². The van der Waals surface area contributed by atoms with Crippen LogP contribution < -0.4 is 5.32 Å². The van der Waals surface area contributed by atoms with Crippen molar-refractivity contribution in [2.75, 3.05) is 6.61 Å². The molecule has 1 N–H and O–H groups in total. The first-order valence-corrected chi connectivity index (χ1v) is 6.77. The summed E-state index contributed by atoms with van der Waals surface area (Å²) in [7, 11) is 0. The predicted molar refractivity (Wildman–Crippen MR) is 69.2 cm³/mol. The number of fused-ring (bicyclic) bond motifs is 1. The van der Waals surface area contributed by atoms with Crippen molar-refractivity contribution in [2.45, 2.75) is 50.8 Å². The summed E-state index contributed by atoms with van der Waals surface area (Å²) in [6.07, 6.45) is 5.21. The molecule has 2 nitrogen and oxygen atoms in total. The lowest BCUT2D eigenvalue weighted by Crippen LogP contribution is -2.44. The van der Waals surface area contributed by atoms with E-state index in [0.29, 0.717) is 18.2 Å². The lowest BCUT2D eigenvalue weighted by Gasteiger charge is -2.29. The van der Waals surface area contributed by atoms with Crippen LogP contribution in [0, 0.1) is 0 Å². The highest BCUT2D eigenvalue weighted by Gasteiger charge is 2.27. The van der Waals surface area contributed by atoms with Crippen LogP contribution in [0.2, 0.25) is 0 Å². The average Bonchev–Trinajstić information content (AvgIpc) is 2.75. The Bertz CT molecular complexity index is 390. The summed E-state index contributed by atoms with van der Waals surface area (Å²) >= 11 is 0. The molecule has 1 aliphatic heterocycles. The van der Waals surface area contributed by atoms with Crippen LogP contribution in [0.15, 0.2) is 24.3 Å². The zero-order valence-electron chi connectivity index (χ0n) is 10.5. The quantitative estimate of drug-likeness (QED) is 0.843. The summed E-state index contributed by atoms with van der Waals surface area (Å²) in [4.78, 5) is 0. The van der Waals surface area contributed by atoms with Gasteiger partial charge in [-0.2, -0.15) is 0 Å². The maximum absolute atomic E-state index is 5.61. The minimum Gasteiger partial charge on any atom is -0.377 e. The fourth-order valence-corrected chi connectivity index (χ4v) is 3.09. The lowest BCUT2D eigenvalue weighted by atomic mass is 9.88. The molecule has 2 heteroatoms. The van der Waals surface area contributed by atoms with E-state index < -0.39 is 0 Å². The average molecular weight is 231 g/mol. The zero-order valence-corrected chi connectivity index (χ0v) is 10.5. The summed E-state index contributed by atoms with van der Waals surface area (Å²) < 4.78 is 5.61. The van der Waals surface area contributed by atoms with E-state index in [1.807, 2.05) is 0 Å². The number of hydrogen-bond donors (Lipinski definition) is 1. The molecular formula is C15H21NO. The maximum Gasteiger partial charge on any atom is 0.0700 e. The molecule has 0 radical (unpaired) electrons. The molecule has 1 aliphatic carbocycles. The number of hydrogen-bond acceptors (Lipinski definition) is 2. The molecule has 92 valence electrons. The van der Waals surface area contributed by atoms with Crippen molar-refractivity contribution in [3.63, 3.8) is 0 Å². The molecule has 0 spiro atoms. The van der Waals surface area contributed by atoms with Gasteiger partial charge in [-0.3, -0.25) is 0 Å². The van der Waals surface area contributed by atoms with E-state index in [1.54, 1.807) is 5.56 Å². The monoisotopic (exact) mass is 231 g/mol. The Balaban J connectivity index is 1.64. The smallest absolute Gasteiger partial charge is 0.0700 e. The molecular weight excluding hydrogens is 210 g/mol. The Labute approximate surface area is 103 Å². The molecule has 3 unspecified atom stereocenters. The minimum atomic E-state index is 0.382. The van der Waals surface area contributed by atoms with E-state index in [4.69, 9.17) is 4.74 Å². The van der Waals surface area contributed by atoms with Crippen LogP contribution in [0.4, 0.5) is 0 Å². The molecule has 2 aliphatic rings. The van der Waals surface area contributed by atoms with Gasteiger partial charge in [0.05, 0.1) is 6.10 Å². The molecule has 3 atom stereocenters. The second-order valence-corrected chi connectivity index (χ2v) is 5.35. The third kappa shape index (κ3) is 2.38. The SMILES string of the molecule is CC1OCCC1NC1CCc2ccccc2C1. The van der Waals surface area contributed by atoms with E-state index in [1.165, 1.54) is 31.2 Å². The van der Waals surface area contributed by atoms with Crippen LogP contribution >= 0.6 is 0 Å². The maximum atomic E-state index is 5.61. The molecule has 1 saturated heterocycles. The lowest BCUT2D eigenvalue weighted by molar-refractivity contribution is 0.110. The molecule has 1 fully saturated rings. The number of aryl methyl sites for hydroxylation is 1. The zero-order chi connectivity index (χ0) is 11.7. The highest BCUT2D eigenvalue weighted by molar-refractivity contribution is 5.30. The number of rotatable bonds is 2. The number of nitrogens with one attached hydrogen (secondary N) is 1. The Kier molecular flexibility index (Phi) is 3.17. The van der Waals surface area contributed by atoms with Gasteiger partial charge in [-0.25, -0.2) is 0 Å². The summed E-state index contributed by atoms with van der Waals surface area (Å²) in [5.74, 6) is 0. The number of benzene rings is 1. The van der Waals surface area contributed by atoms with Crippen LogP contribution in [0.25, 0.3) is 0 Å². The first kappa shape index (κ1) is 11.2. The molecule has 1 aromatic carbocycles. The van der Waals surface area contributed by atoms with Gasteiger partial charge in [0.25, 0.3) is 0 Å². The van der Waals surface area contributed by atoms with Crippen molar-refractivity contribution in [2.24, 2.45) is 0 Å². The van der Waals surface area contributed by atoms with Gasteiger partial charge < -0.3 is 10.1 Å². The Morgan fingerprint density at radius 3 is 2.76 bits per heavy atom. The molecule has 17 heavy (non-hydrogen) atoms. The molecule has 1 heterocycles. The molecule has 0 aromatic heterocycles. The van der Waals surface area contributed by atoms with Crippen LogP contribution in [-0.4, -0.2) is 24.8 Å². The van der Waals surface area contributed by atoms with Crippen LogP contribution in [0.3, 0.4) is 0 Å². The number of ether oxygens (including phenoxy) is 1. The largest absolute Gasteiger partial charge is 0.377 e. The highest BCUT2D eigenvalue weighted by Crippen LogP contribution is 2.23. The molecule has 0 bridgehead atoms. The van der Waals surface area contributed by atoms with Crippen molar-refractivity contribution < 1.29 is 4.74 Å². The van der Waals surface area contributed by atoms with Crippen molar-refractivity contribution in [1.82, 2.24) is 5.32 Å². The van der Waals surface area contributed by atoms with Gasteiger partial charge in [-0.1, -0.05) is 24.3 Å². The summed E-state index contributed by atoms with van der Waals surface area (Å²) in [5.41, 5.74) is 3.07. The first-order valence-electron chi connectivity index (χ1n) is 6.77.